The second-order valence-corrected chi connectivity index (χ2v) is 5.67. The lowest BCUT2D eigenvalue weighted by Gasteiger charge is -2.31. The van der Waals surface area contributed by atoms with Crippen molar-refractivity contribution in [3.8, 4) is 0 Å². The molecule has 0 aromatic carbocycles. The van der Waals surface area contributed by atoms with E-state index in [1.54, 1.807) is 17.9 Å². The minimum absolute atomic E-state index is 0.0469. The molecule has 2 N–H and O–H groups in total. The highest BCUT2D eigenvalue weighted by molar-refractivity contribution is 5.93. The third kappa shape index (κ3) is 3.50. The molecule has 2 aromatic heterocycles. The number of aryl methyl sites for hydroxylation is 1. The van der Waals surface area contributed by atoms with Gasteiger partial charge in [-0.2, -0.15) is 5.10 Å². The Morgan fingerprint density at radius 3 is 2.62 bits per heavy atom. The van der Waals surface area contributed by atoms with Gasteiger partial charge < -0.3 is 14.7 Å². The van der Waals surface area contributed by atoms with Crippen molar-refractivity contribution >= 4 is 11.8 Å². The van der Waals surface area contributed by atoms with E-state index in [1.165, 1.54) is 12.1 Å². The number of aromatic amines is 1. The van der Waals surface area contributed by atoms with Gasteiger partial charge in [-0.15, -0.1) is 0 Å². The van der Waals surface area contributed by atoms with Gasteiger partial charge in [0, 0.05) is 31.3 Å². The molecule has 3 heterocycles. The van der Waals surface area contributed by atoms with Gasteiger partial charge in [0.05, 0.1) is 0 Å². The molecule has 2 aromatic rings. The lowest BCUT2D eigenvalue weighted by atomic mass is 10.0. The lowest BCUT2D eigenvalue weighted by Crippen LogP contribution is -2.46. The summed E-state index contributed by atoms with van der Waals surface area (Å²) in [6.07, 6.45) is 1.27. The number of piperidine rings is 1. The molecule has 0 unspecified atom stereocenters. The maximum absolute atomic E-state index is 12.3. The minimum atomic E-state index is -0.360. The topological polar surface area (TPSA) is 121 Å². The summed E-state index contributed by atoms with van der Waals surface area (Å²) in [4.78, 5) is 37.0. The molecular weight excluding hydrogens is 314 g/mol. The van der Waals surface area contributed by atoms with Crippen molar-refractivity contribution in [2.75, 3.05) is 13.1 Å². The van der Waals surface area contributed by atoms with E-state index in [0.29, 0.717) is 37.4 Å². The number of rotatable bonds is 3. The van der Waals surface area contributed by atoms with Gasteiger partial charge in [-0.05, 0) is 25.8 Å². The first-order chi connectivity index (χ1) is 11.5. The van der Waals surface area contributed by atoms with Gasteiger partial charge in [0.15, 0.2) is 5.69 Å². The number of hydrogen-bond acceptors (Lipinski definition) is 6. The van der Waals surface area contributed by atoms with Crippen LogP contribution in [0, 0.1) is 6.92 Å². The number of nitrogens with zero attached hydrogens (tertiary/aromatic N) is 3. The van der Waals surface area contributed by atoms with Crippen LogP contribution in [0.3, 0.4) is 0 Å². The van der Waals surface area contributed by atoms with E-state index in [-0.39, 0.29) is 29.1 Å². The highest BCUT2D eigenvalue weighted by Crippen LogP contribution is 2.14. The van der Waals surface area contributed by atoms with Crippen LogP contribution in [0.4, 0.5) is 0 Å². The summed E-state index contributed by atoms with van der Waals surface area (Å²) in [6, 6.07) is 4.19. The summed E-state index contributed by atoms with van der Waals surface area (Å²) in [5.74, 6) is 0.0796. The van der Waals surface area contributed by atoms with Crippen molar-refractivity contribution in [1.82, 2.24) is 25.6 Å². The fourth-order valence-electron chi connectivity index (χ4n) is 2.59. The van der Waals surface area contributed by atoms with Crippen LogP contribution in [0.25, 0.3) is 0 Å². The molecule has 3 rings (SSSR count). The molecule has 2 amide bonds. The molecule has 0 atom stereocenters. The van der Waals surface area contributed by atoms with Crippen LogP contribution >= 0.6 is 0 Å². The summed E-state index contributed by atoms with van der Waals surface area (Å²) in [5.41, 5.74) is 0.0973. The van der Waals surface area contributed by atoms with E-state index in [4.69, 9.17) is 4.52 Å². The Hall–Kier alpha value is -2.97. The van der Waals surface area contributed by atoms with E-state index < -0.39 is 0 Å². The Morgan fingerprint density at radius 1 is 1.29 bits per heavy atom. The van der Waals surface area contributed by atoms with E-state index in [9.17, 15) is 14.4 Å². The second kappa shape index (κ2) is 6.65. The van der Waals surface area contributed by atoms with Gasteiger partial charge in [-0.25, -0.2) is 5.10 Å². The Balaban J connectivity index is 1.53. The summed E-state index contributed by atoms with van der Waals surface area (Å²) < 4.78 is 4.92. The third-order valence-electron chi connectivity index (χ3n) is 3.88. The molecule has 1 aliphatic rings. The molecule has 1 aliphatic heterocycles. The number of aromatic nitrogens is 3. The van der Waals surface area contributed by atoms with E-state index >= 15 is 0 Å². The first-order valence-electron chi connectivity index (χ1n) is 7.62. The first-order valence-corrected chi connectivity index (χ1v) is 7.62. The normalized spacial score (nSPS) is 15.3. The van der Waals surface area contributed by atoms with Crippen molar-refractivity contribution < 1.29 is 14.1 Å². The molecule has 1 saturated heterocycles. The van der Waals surface area contributed by atoms with Gasteiger partial charge in [-0.1, -0.05) is 5.16 Å². The monoisotopic (exact) mass is 331 g/mol. The fraction of sp³-hybridized carbons (Fsp3) is 0.400. The van der Waals surface area contributed by atoms with Crippen LogP contribution in [0.15, 0.2) is 27.5 Å². The zero-order valence-corrected chi connectivity index (χ0v) is 13.1. The Bertz CT molecular complexity index is 784. The van der Waals surface area contributed by atoms with Gasteiger partial charge in [0.2, 0.25) is 0 Å². The standard InChI is InChI=1S/C15H17N5O4/c1-9-8-12(19-24-9)15(23)20-6-4-10(5-7-20)16-14(22)11-2-3-13(21)18-17-11/h2-3,8,10H,4-7H2,1H3,(H,16,22)(H,18,21). The molecule has 9 heteroatoms. The van der Waals surface area contributed by atoms with E-state index in [0.717, 1.165) is 0 Å². The predicted molar refractivity (Wildman–Crippen MR) is 82.5 cm³/mol. The van der Waals surface area contributed by atoms with E-state index in [2.05, 4.69) is 20.7 Å². The number of nitrogens with one attached hydrogen (secondary N) is 2. The van der Waals surface area contributed by atoms with Gasteiger partial charge in [0.25, 0.3) is 17.4 Å². The average molecular weight is 331 g/mol. The molecule has 9 nitrogen and oxygen atoms in total. The molecule has 0 spiro atoms. The first kappa shape index (κ1) is 15.9. The van der Waals surface area contributed by atoms with Crippen LogP contribution in [0.2, 0.25) is 0 Å². The molecule has 0 radical (unpaired) electrons. The van der Waals surface area contributed by atoms with Crippen molar-refractivity contribution in [3.05, 3.63) is 45.7 Å². The summed E-state index contributed by atoms with van der Waals surface area (Å²) in [7, 11) is 0. The van der Waals surface area contributed by atoms with Crippen molar-refractivity contribution in [3.63, 3.8) is 0 Å². The SMILES string of the molecule is Cc1cc(C(=O)N2CCC(NC(=O)c3ccc(=O)[nH]n3)CC2)no1. The zero-order chi connectivity index (χ0) is 17.1. The molecule has 1 fully saturated rings. The number of carbonyl (C=O) groups excluding carboxylic acids is 2. The average Bonchev–Trinajstić information content (AvgIpc) is 3.02. The van der Waals surface area contributed by atoms with Gasteiger partial charge in [-0.3, -0.25) is 14.4 Å². The van der Waals surface area contributed by atoms with Crippen LogP contribution in [0.1, 0.15) is 39.6 Å². The summed E-state index contributed by atoms with van der Waals surface area (Å²) in [6.45, 7) is 2.78. The van der Waals surface area contributed by atoms with Crippen LogP contribution in [-0.4, -0.2) is 51.2 Å². The summed E-state index contributed by atoms with van der Waals surface area (Å²) in [5, 5.41) is 12.5. The van der Waals surface area contributed by atoms with Crippen LogP contribution in [0.5, 0.6) is 0 Å². The van der Waals surface area contributed by atoms with Crippen LogP contribution < -0.4 is 10.9 Å². The molecule has 0 saturated carbocycles. The van der Waals surface area contributed by atoms with Gasteiger partial charge >= 0.3 is 0 Å². The third-order valence-corrected chi connectivity index (χ3v) is 3.88. The number of carbonyl (C=O) groups is 2. The van der Waals surface area contributed by atoms with Crippen molar-refractivity contribution in [2.45, 2.75) is 25.8 Å². The van der Waals surface area contributed by atoms with Crippen molar-refractivity contribution in [1.29, 1.82) is 0 Å². The molecule has 24 heavy (non-hydrogen) atoms. The maximum Gasteiger partial charge on any atom is 0.276 e. The summed E-state index contributed by atoms with van der Waals surface area (Å²) >= 11 is 0. The number of likely N-dealkylation sites (tertiary alicyclic amines) is 1. The van der Waals surface area contributed by atoms with Gasteiger partial charge in [0.1, 0.15) is 11.5 Å². The molecular formula is C15H17N5O4. The Labute approximate surface area is 137 Å². The zero-order valence-electron chi connectivity index (χ0n) is 13.1. The van der Waals surface area contributed by atoms with Crippen molar-refractivity contribution in [2.24, 2.45) is 0 Å². The predicted octanol–water partition coefficient (Wildman–Crippen LogP) is 0.101. The van der Waals surface area contributed by atoms with E-state index in [1.807, 2.05) is 0 Å². The fourth-order valence-corrected chi connectivity index (χ4v) is 2.59. The smallest absolute Gasteiger partial charge is 0.276 e. The molecule has 126 valence electrons. The lowest BCUT2D eigenvalue weighted by molar-refractivity contribution is 0.0687. The maximum atomic E-state index is 12.3. The quantitative estimate of drug-likeness (QED) is 0.823. The largest absolute Gasteiger partial charge is 0.361 e. The highest BCUT2D eigenvalue weighted by Gasteiger charge is 2.26. The Kier molecular flexibility index (Phi) is 4.41. The Morgan fingerprint density at radius 2 is 2.04 bits per heavy atom. The number of H-pyrrole nitrogens is 1. The second-order valence-electron chi connectivity index (χ2n) is 5.67. The molecule has 0 aliphatic carbocycles. The highest BCUT2D eigenvalue weighted by atomic mass is 16.5. The number of amides is 2. The number of hydrogen-bond donors (Lipinski definition) is 2. The van der Waals surface area contributed by atoms with Crippen LogP contribution in [-0.2, 0) is 0 Å². The minimum Gasteiger partial charge on any atom is -0.361 e. The molecule has 0 bridgehead atoms.